The first-order valence-corrected chi connectivity index (χ1v) is 7.25. The highest BCUT2D eigenvalue weighted by molar-refractivity contribution is 5.85. The van der Waals surface area contributed by atoms with Gasteiger partial charge in [-0.1, -0.05) is 25.6 Å². The summed E-state index contributed by atoms with van der Waals surface area (Å²) in [6.07, 6.45) is 5.21. The molecule has 0 fully saturated rings. The molecule has 1 atom stereocenters. The highest BCUT2D eigenvalue weighted by atomic mass is 16.3. The van der Waals surface area contributed by atoms with Gasteiger partial charge >= 0.3 is 0 Å². The van der Waals surface area contributed by atoms with E-state index in [0.29, 0.717) is 0 Å². The molecule has 2 N–H and O–H groups in total. The van der Waals surface area contributed by atoms with E-state index in [-0.39, 0.29) is 0 Å². The van der Waals surface area contributed by atoms with Crippen molar-refractivity contribution >= 4 is 17.0 Å². The van der Waals surface area contributed by atoms with Gasteiger partial charge in [-0.3, -0.25) is 0 Å². The molecule has 0 saturated heterocycles. The van der Waals surface area contributed by atoms with Crippen molar-refractivity contribution in [3.63, 3.8) is 0 Å². The zero-order chi connectivity index (χ0) is 14.5. The van der Waals surface area contributed by atoms with Gasteiger partial charge in [0.05, 0.1) is 6.10 Å². The molecule has 0 amide bonds. The minimum absolute atomic E-state index is 0.428. The molecule has 0 bridgehead atoms. The first-order chi connectivity index (χ1) is 9.65. The number of hydrogen-bond donors (Lipinski definition) is 2. The lowest BCUT2D eigenvalue weighted by Crippen LogP contribution is -2.22. The van der Waals surface area contributed by atoms with Gasteiger partial charge in [0.25, 0.3) is 0 Å². The lowest BCUT2D eigenvalue weighted by molar-refractivity contribution is 0.150. The van der Waals surface area contributed by atoms with Gasteiger partial charge in [0, 0.05) is 29.2 Å². The molecular formula is C17H24N2O. The molecule has 0 aliphatic rings. The zero-order valence-electron chi connectivity index (χ0n) is 12.4. The maximum Gasteiger partial charge on any atom is 0.0822 e. The Bertz CT molecular complexity index is 573. The topological polar surface area (TPSA) is 39.3 Å². The van der Waals surface area contributed by atoms with Crippen molar-refractivity contribution < 1.29 is 5.11 Å². The summed E-state index contributed by atoms with van der Waals surface area (Å²) < 4.78 is 0. The van der Waals surface area contributed by atoms with Crippen LogP contribution in [0.5, 0.6) is 0 Å². The summed E-state index contributed by atoms with van der Waals surface area (Å²) in [7, 11) is 2.10. The molecule has 0 aliphatic heterocycles. The summed E-state index contributed by atoms with van der Waals surface area (Å²) in [5.74, 6) is 0. The third kappa shape index (κ3) is 3.30. The number of aromatic amines is 1. The third-order valence-electron chi connectivity index (χ3n) is 3.72. The van der Waals surface area contributed by atoms with Crippen LogP contribution in [0, 0.1) is 0 Å². The van der Waals surface area contributed by atoms with Crippen LogP contribution in [0.3, 0.4) is 0 Å². The van der Waals surface area contributed by atoms with Crippen LogP contribution in [0.4, 0.5) is 0 Å². The number of fused-ring (bicyclic) bond motifs is 1. The number of nitrogens with zero attached hydrogens (tertiary/aromatic N) is 1. The van der Waals surface area contributed by atoms with Crippen LogP contribution >= 0.6 is 0 Å². The summed E-state index contributed by atoms with van der Waals surface area (Å²) in [6.45, 7) is 7.94. The number of aliphatic hydroxyl groups is 1. The van der Waals surface area contributed by atoms with Gasteiger partial charge in [0.2, 0.25) is 0 Å². The standard InChI is InChI=1S/C17H24N2O/c1-4-9-19(3)10-8-17(20)15-12-18-16-7-6-13(5-2)11-14(15)16/h5-7,11-12,17-18,20H,2,4,8-10H2,1,3H3. The van der Waals surface area contributed by atoms with Crippen molar-refractivity contribution in [1.82, 2.24) is 9.88 Å². The predicted molar refractivity (Wildman–Crippen MR) is 85.8 cm³/mol. The Balaban J connectivity index is 2.13. The van der Waals surface area contributed by atoms with E-state index in [0.717, 1.165) is 48.0 Å². The fourth-order valence-electron chi connectivity index (χ4n) is 2.55. The Morgan fingerprint density at radius 3 is 2.90 bits per heavy atom. The Morgan fingerprint density at radius 2 is 2.20 bits per heavy atom. The summed E-state index contributed by atoms with van der Waals surface area (Å²) in [5.41, 5.74) is 3.12. The SMILES string of the molecule is C=Cc1ccc2[nH]cc(C(O)CCN(C)CCC)c2c1. The van der Waals surface area contributed by atoms with Crippen LogP contribution in [-0.4, -0.2) is 35.1 Å². The molecule has 3 nitrogen and oxygen atoms in total. The Labute approximate surface area is 120 Å². The normalized spacial score (nSPS) is 13.0. The van der Waals surface area contributed by atoms with Crippen LogP contribution in [0.1, 0.15) is 37.0 Å². The molecule has 1 aromatic heterocycles. The molecule has 0 radical (unpaired) electrons. The van der Waals surface area contributed by atoms with Crippen molar-refractivity contribution in [2.75, 3.05) is 20.1 Å². The number of aliphatic hydroxyl groups excluding tert-OH is 1. The Kier molecular flexibility index (Phi) is 4.99. The summed E-state index contributed by atoms with van der Waals surface area (Å²) in [6, 6.07) is 6.13. The molecule has 0 aliphatic carbocycles. The van der Waals surface area contributed by atoms with Crippen molar-refractivity contribution in [2.45, 2.75) is 25.9 Å². The van der Waals surface area contributed by atoms with Gasteiger partial charge in [-0.15, -0.1) is 0 Å². The molecule has 3 heteroatoms. The molecule has 0 saturated carbocycles. The largest absolute Gasteiger partial charge is 0.388 e. The first kappa shape index (κ1) is 14.8. The van der Waals surface area contributed by atoms with Gasteiger partial charge in [0.15, 0.2) is 0 Å². The molecule has 1 heterocycles. The van der Waals surface area contributed by atoms with Gasteiger partial charge < -0.3 is 15.0 Å². The lowest BCUT2D eigenvalue weighted by Gasteiger charge is -2.17. The number of nitrogens with one attached hydrogen (secondary N) is 1. The third-order valence-corrected chi connectivity index (χ3v) is 3.72. The molecule has 1 unspecified atom stereocenters. The summed E-state index contributed by atoms with van der Waals surface area (Å²) >= 11 is 0. The molecule has 108 valence electrons. The molecular weight excluding hydrogens is 248 g/mol. The van der Waals surface area contributed by atoms with Gasteiger partial charge in [0.1, 0.15) is 0 Å². The molecule has 20 heavy (non-hydrogen) atoms. The lowest BCUT2D eigenvalue weighted by atomic mass is 10.0. The second kappa shape index (κ2) is 6.73. The quantitative estimate of drug-likeness (QED) is 0.808. The maximum atomic E-state index is 10.4. The van der Waals surface area contributed by atoms with E-state index in [2.05, 4.69) is 36.5 Å². The van der Waals surface area contributed by atoms with E-state index in [4.69, 9.17) is 0 Å². The minimum atomic E-state index is -0.428. The fraction of sp³-hybridized carbons (Fsp3) is 0.412. The summed E-state index contributed by atoms with van der Waals surface area (Å²) in [5, 5.41) is 11.5. The van der Waals surface area contributed by atoms with E-state index in [1.165, 1.54) is 0 Å². The number of rotatable bonds is 7. The Hall–Kier alpha value is -1.58. The van der Waals surface area contributed by atoms with Crippen LogP contribution in [0.2, 0.25) is 0 Å². The predicted octanol–water partition coefficient (Wildman–Crippen LogP) is 3.58. The van der Waals surface area contributed by atoms with E-state index < -0.39 is 6.10 Å². The zero-order valence-corrected chi connectivity index (χ0v) is 12.4. The summed E-state index contributed by atoms with van der Waals surface area (Å²) in [4.78, 5) is 5.48. The second-order valence-corrected chi connectivity index (χ2v) is 5.36. The monoisotopic (exact) mass is 272 g/mol. The highest BCUT2D eigenvalue weighted by Crippen LogP contribution is 2.27. The van der Waals surface area contributed by atoms with Crippen LogP contribution < -0.4 is 0 Å². The van der Waals surface area contributed by atoms with Crippen molar-refractivity contribution in [2.24, 2.45) is 0 Å². The maximum absolute atomic E-state index is 10.4. The molecule has 1 aromatic carbocycles. The van der Waals surface area contributed by atoms with E-state index in [1.807, 2.05) is 24.4 Å². The van der Waals surface area contributed by atoms with Gasteiger partial charge in [-0.05, 0) is 44.1 Å². The number of H-pyrrole nitrogens is 1. The molecule has 0 spiro atoms. The smallest absolute Gasteiger partial charge is 0.0822 e. The van der Waals surface area contributed by atoms with Crippen molar-refractivity contribution in [3.8, 4) is 0 Å². The van der Waals surface area contributed by atoms with E-state index in [1.54, 1.807) is 0 Å². The van der Waals surface area contributed by atoms with Crippen molar-refractivity contribution in [1.29, 1.82) is 0 Å². The first-order valence-electron chi connectivity index (χ1n) is 7.25. The van der Waals surface area contributed by atoms with Crippen molar-refractivity contribution in [3.05, 3.63) is 42.1 Å². The van der Waals surface area contributed by atoms with Crippen LogP contribution in [0.25, 0.3) is 17.0 Å². The second-order valence-electron chi connectivity index (χ2n) is 5.36. The van der Waals surface area contributed by atoms with Gasteiger partial charge in [-0.2, -0.15) is 0 Å². The number of aromatic nitrogens is 1. The minimum Gasteiger partial charge on any atom is -0.388 e. The highest BCUT2D eigenvalue weighted by Gasteiger charge is 2.13. The number of benzene rings is 1. The number of hydrogen-bond acceptors (Lipinski definition) is 2. The molecule has 2 rings (SSSR count). The van der Waals surface area contributed by atoms with Crippen LogP contribution in [0.15, 0.2) is 31.0 Å². The van der Waals surface area contributed by atoms with E-state index in [9.17, 15) is 5.11 Å². The Morgan fingerprint density at radius 1 is 1.40 bits per heavy atom. The average Bonchev–Trinajstić information content (AvgIpc) is 2.88. The van der Waals surface area contributed by atoms with Gasteiger partial charge in [-0.25, -0.2) is 0 Å². The van der Waals surface area contributed by atoms with E-state index >= 15 is 0 Å². The van der Waals surface area contributed by atoms with Crippen LogP contribution in [-0.2, 0) is 0 Å². The fourth-order valence-corrected chi connectivity index (χ4v) is 2.55. The molecule has 2 aromatic rings. The average molecular weight is 272 g/mol.